The van der Waals surface area contributed by atoms with Crippen LogP contribution in [0.5, 0.6) is 0 Å². The van der Waals surface area contributed by atoms with Crippen molar-refractivity contribution < 1.29 is 19.4 Å². The fourth-order valence-electron chi connectivity index (χ4n) is 3.72. The second kappa shape index (κ2) is 7.34. The zero-order valence-electron chi connectivity index (χ0n) is 14.1. The number of nitrogens with one attached hydrogen (secondary N) is 1. The van der Waals surface area contributed by atoms with Gasteiger partial charge in [-0.15, -0.1) is 0 Å². The van der Waals surface area contributed by atoms with Crippen molar-refractivity contribution in [2.45, 2.75) is 51.0 Å². The molecule has 0 bridgehead atoms. The van der Waals surface area contributed by atoms with E-state index in [-0.39, 0.29) is 11.8 Å². The Bertz CT molecular complexity index is 605. The van der Waals surface area contributed by atoms with Gasteiger partial charge in [-0.3, -0.25) is 9.89 Å². The number of hydrogen-bond acceptors (Lipinski definition) is 5. The molecule has 1 aliphatic carbocycles. The number of rotatable bonds is 3. The molecule has 24 heavy (non-hydrogen) atoms. The Labute approximate surface area is 141 Å². The van der Waals surface area contributed by atoms with Crippen LogP contribution in [0.25, 0.3) is 0 Å². The van der Waals surface area contributed by atoms with Crippen molar-refractivity contribution in [3.8, 4) is 0 Å². The number of carbonyl (C=O) groups is 2. The first-order valence-corrected chi connectivity index (χ1v) is 8.73. The number of aliphatic hydroxyl groups excluding tert-OH is 1. The molecule has 7 heteroatoms. The number of fused-ring (bicyclic) bond motifs is 1. The number of methoxy groups -OCH3 is 1. The number of esters is 1. The predicted molar refractivity (Wildman–Crippen MR) is 86.5 cm³/mol. The standard InChI is InChI=1S/C17H25N3O4/c1-24-17(23)15(21)11-7-9-20(10-8-11)16(22)14-12-5-3-2-4-6-13(12)18-19-14/h11,15,21H,2-10H2,1H3,(H,18,19)/t15-/m1/s1. The maximum absolute atomic E-state index is 12.8. The van der Waals surface area contributed by atoms with E-state index in [2.05, 4.69) is 14.9 Å². The molecular weight excluding hydrogens is 310 g/mol. The fraction of sp³-hybridized carbons (Fsp3) is 0.706. The van der Waals surface area contributed by atoms with Gasteiger partial charge in [0.1, 0.15) is 0 Å². The highest BCUT2D eigenvalue weighted by atomic mass is 16.5. The minimum absolute atomic E-state index is 0.0413. The van der Waals surface area contributed by atoms with Crippen LogP contribution in [0.2, 0.25) is 0 Å². The molecule has 0 unspecified atom stereocenters. The first-order valence-electron chi connectivity index (χ1n) is 8.73. The average Bonchev–Trinajstić information content (AvgIpc) is 2.88. The Balaban J connectivity index is 1.64. The van der Waals surface area contributed by atoms with E-state index in [0.29, 0.717) is 31.6 Å². The Hall–Kier alpha value is -1.89. The summed E-state index contributed by atoms with van der Waals surface area (Å²) in [6.07, 6.45) is 5.37. The van der Waals surface area contributed by atoms with E-state index in [9.17, 15) is 14.7 Å². The topological polar surface area (TPSA) is 95.5 Å². The Kier molecular flexibility index (Phi) is 5.18. The summed E-state index contributed by atoms with van der Waals surface area (Å²) in [5, 5.41) is 17.3. The van der Waals surface area contributed by atoms with Crippen molar-refractivity contribution in [3.05, 3.63) is 17.0 Å². The van der Waals surface area contributed by atoms with Crippen molar-refractivity contribution in [2.24, 2.45) is 5.92 Å². The summed E-state index contributed by atoms with van der Waals surface area (Å²) in [7, 11) is 1.27. The third kappa shape index (κ3) is 3.31. The van der Waals surface area contributed by atoms with E-state index in [0.717, 1.165) is 36.9 Å². The second-order valence-electron chi connectivity index (χ2n) is 6.69. The molecule has 0 aromatic carbocycles. The zero-order valence-corrected chi connectivity index (χ0v) is 14.1. The van der Waals surface area contributed by atoms with Gasteiger partial charge in [0.2, 0.25) is 0 Å². The molecule has 1 fully saturated rings. The lowest BCUT2D eigenvalue weighted by atomic mass is 9.91. The van der Waals surface area contributed by atoms with Gasteiger partial charge in [0.05, 0.1) is 7.11 Å². The molecule has 132 valence electrons. The molecule has 2 heterocycles. The number of hydrogen-bond donors (Lipinski definition) is 2. The third-order valence-electron chi connectivity index (χ3n) is 5.22. The average molecular weight is 335 g/mol. The van der Waals surface area contributed by atoms with Crippen molar-refractivity contribution in [1.29, 1.82) is 0 Å². The summed E-state index contributed by atoms with van der Waals surface area (Å²) in [5.41, 5.74) is 2.74. The van der Waals surface area contributed by atoms with E-state index < -0.39 is 12.1 Å². The largest absolute Gasteiger partial charge is 0.467 e. The molecule has 1 aliphatic heterocycles. The van der Waals surface area contributed by atoms with Crippen LogP contribution >= 0.6 is 0 Å². The monoisotopic (exact) mass is 335 g/mol. The van der Waals surface area contributed by atoms with E-state index in [1.807, 2.05) is 0 Å². The van der Waals surface area contributed by atoms with Gasteiger partial charge >= 0.3 is 5.97 Å². The van der Waals surface area contributed by atoms with E-state index in [1.165, 1.54) is 13.5 Å². The molecular formula is C17H25N3O4. The van der Waals surface area contributed by atoms with Gasteiger partial charge in [0, 0.05) is 24.3 Å². The third-order valence-corrected chi connectivity index (χ3v) is 5.22. The first kappa shape index (κ1) is 17.0. The minimum Gasteiger partial charge on any atom is -0.467 e. The molecule has 0 spiro atoms. The van der Waals surface area contributed by atoms with Gasteiger partial charge in [-0.05, 0) is 44.4 Å². The Morgan fingerprint density at radius 2 is 1.96 bits per heavy atom. The number of piperidine rings is 1. The van der Waals surface area contributed by atoms with Gasteiger partial charge in [-0.25, -0.2) is 4.79 Å². The van der Waals surface area contributed by atoms with Crippen molar-refractivity contribution in [1.82, 2.24) is 15.1 Å². The highest BCUT2D eigenvalue weighted by Gasteiger charge is 2.33. The van der Waals surface area contributed by atoms with E-state index in [4.69, 9.17) is 0 Å². The van der Waals surface area contributed by atoms with Crippen LogP contribution < -0.4 is 0 Å². The second-order valence-corrected chi connectivity index (χ2v) is 6.69. The molecule has 2 aliphatic rings. The molecule has 2 N–H and O–H groups in total. The lowest BCUT2D eigenvalue weighted by molar-refractivity contribution is -0.154. The number of aromatic nitrogens is 2. The maximum Gasteiger partial charge on any atom is 0.334 e. The van der Waals surface area contributed by atoms with Gasteiger partial charge in [0.25, 0.3) is 5.91 Å². The summed E-state index contributed by atoms with van der Waals surface area (Å²) in [5.74, 6) is -0.796. The number of H-pyrrole nitrogens is 1. The number of aromatic amines is 1. The Morgan fingerprint density at radius 1 is 1.25 bits per heavy atom. The van der Waals surface area contributed by atoms with Crippen molar-refractivity contribution in [2.75, 3.05) is 20.2 Å². The van der Waals surface area contributed by atoms with Crippen LogP contribution in [0, 0.1) is 5.92 Å². The van der Waals surface area contributed by atoms with Gasteiger partial charge in [-0.2, -0.15) is 5.10 Å². The van der Waals surface area contributed by atoms with Gasteiger partial charge in [0.15, 0.2) is 11.8 Å². The Morgan fingerprint density at radius 3 is 2.67 bits per heavy atom. The molecule has 1 saturated heterocycles. The van der Waals surface area contributed by atoms with Gasteiger partial charge in [-0.1, -0.05) is 6.42 Å². The lowest BCUT2D eigenvalue weighted by Gasteiger charge is -2.33. The number of carbonyl (C=O) groups excluding carboxylic acids is 2. The number of amides is 1. The summed E-state index contributed by atoms with van der Waals surface area (Å²) in [4.78, 5) is 26.0. The molecule has 7 nitrogen and oxygen atoms in total. The van der Waals surface area contributed by atoms with Crippen molar-refractivity contribution >= 4 is 11.9 Å². The number of nitrogens with zero attached hydrogens (tertiary/aromatic N) is 2. The minimum atomic E-state index is -1.10. The van der Waals surface area contributed by atoms with Crippen LogP contribution in [-0.4, -0.2) is 58.4 Å². The molecule has 1 amide bonds. The first-order chi connectivity index (χ1) is 11.6. The molecule has 1 atom stereocenters. The SMILES string of the molecule is COC(=O)[C@H](O)C1CCN(C(=O)c2n[nH]c3c2CCCCC3)CC1. The number of ether oxygens (including phenoxy) is 1. The van der Waals surface area contributed by atoms with Crippen LogP contribution in [0.1, 0.15) is 53.8 Å². The van der Waals surface area contributed by atoms with E-state index >= 15 is 0 Å². The number of likely N-dealkylation sites (tertiary alicyclic amines) is 1. The predicted octanol–water partition coefficient (Wildman–Crippen LogP) is 1.06. The molecule has 1 aromatic rings. The maximum atomic E-state index is 12.8. The summed E-state index contributed by atoms with van der Waals surface area (Å²) in [6.45, 7) is 1.05. The highest BCUT2D eigenvalue weighted by molar-refractivity contribution is 5.94. The van der Waals surface area contributed by atoms with Crippen molar-refractivity contribution in [3.63, 3.8) is 0 Å². The van der Waals surface area contributed by atoms with Crippen LogP contribution in [0.4, 0.5) is 0 Å². The highest BCUT2D eigenvalue weighted by Crippen LogP contribution is 2.26. The normalized spacial score (nSPS) is 20.2. The van der Waals surface area contributed by atoms with Crippen LogP contribution in [0.15, 0.2) is 0 Å². The van der Waals surface area contributed by atoms with Gasteiger partial charge < -0.3 is 14.7 Å². The fourth-order valence-corrected chi connectivity index (χ4v) is 3.72. The summed E-state index contributed by atoms with van der Waals surface area (Å²) in [6, 6.07) is 0. The quantitative estimate of drug-likeness (QED) is 0.636. The molecule has 3 rings (SSSR count). The van der Waals surface area contributed by atoms with E-state index in [1.54, 1.807) is 4.90 Å². The smallest absolute Gasteiger partial charge is 0.334 e. The number of aryl methyl sites for hydroxylation is 1. The lowest BCUT2D eigenvalue weighted by Crippen LogP contribution is -2.43. The van der Waals surface area contributed by atoms with Crippen LogP contribution in [-0.2, 0) is 22.4 Å². The summed E-state index contributed by atoms with van der Waals surface area (Å²) < 4.78 is 4.59. The molecule has 0 radical (unpaired) electrons. The number of aliphatic hydroxyl groups is 1. The zero-order chi connectivity index (χ0) is 17.1. The molecule has 0 saturated carbocycles. The summed E-state index contributed by atoms with van der Waals surface area (Å²) >= 11 is 0. The molecule has 1 aromatic heterocycles. The van der Waals surface area contributed by atoms with Crippen LogP contribution in [0.3, 0.4) is 0 Å².